The number of thiophene rings is 1. The van der Waals surface area contributed by atoms with Crippen LogP contribution in [0.2, 0.25) is 0 Å². The average Bonchev–Trinajstić information content (AvgIpc) is 2.46. The van der Waals surface area contributed by atoms with Gasteiger partial charge < -0.3 is 17.2 Å². The molecule has 0 aromatic carbocycles. The maximum Gasteiger partial charge on any atom is 0.218 e. The molecule has 6 N–H and O–H groups in total. The smallest absolute Gasteiger partial charge is 0.218 e. The topological polar surface area (TPSA) is 103 Å². The monoisotopic (exact) mass is 275 g/mol. The molecule has 1 aromatic rings. The Hall–Kier alpha value is -1.08. The lowest BCUT2D eigenvalue weighted by atomic mass is 10.5. The van der Waals surface area contributed by atoms with Gasteiger partial charge in [0.05, 0.1) is 6.54 Å². The summed E-state index contributed by atoms with van der Waals surface area (Å²) in [6, 6.07) is 1.95. The summed E-state index contributed by atoms with van der Waals surface area (Å²) in [5.41, 5.74) is 15.7. The molecule has 0 aliphatic heterocycles. The quantitative estimate of drug-likeness (QED) is 0.544. The average molecular weight is 276 g/mol. The highest BCUT2D eigenvalue weighted by atomic mass is 79.9. The summed E-state index contributed by atoms with van der Waals surface area (Å²) in [7, 11) is 0. The van der Waals surface area contributed by atoms with E-state index < -0.39 is 0 Å². The minimum absolute atomic E-state index is 0.0866. The molecule has 76 valence electrons. The maximum atomic E-state index is 5.43. The van der Waals surface area contributed by atoms with Crippen molar-refractivity contribution in [2.75, 3.05) is 0 Å². The van der Waals surface area contributed by atoms with E-state index in [2.05, 4.69) is 25.9 Å². The van der Waals surface area contributed by atoms with Crippen molar-refractivity contribution >= 4 is 39.2 Å². The van der Waals surface area contributed by atoms with Crippen molar-refractivity contribution in [3.8, 4) is 0 Å². The number of nitrogens with zero attached hydrogens (tertiary/aromatic N) is 2. The summed E-state index contributed by atoms with van der Waals surface area (Å²) in [6.07, 6.45) is 0. The molecule has 0 aliphatic rings. The Labute approximate surface area is 93.8 Å². The highest BCUT2D eigenvalue weighted by Crippen LogP contribution is 2.23. The molecular weight excluding hydrogens is 266 g/mol. The minimum atomic E-state index is -0.0866. The molecule has 0 saturated carbocycles. The number of hydrogen-bond donors (Lipinski definition) is 3. The summed E-state index contributed by atoms with van der Waals surface area (Å²) < 4.78 is 1.02. The van der Waals surface area contributed by atoms with Crippen LogP contribution < -0.4 is 17.2 Å². The van der Waals surface area contributed by atoms with E-state index in [1.165, 1.54) is 0 Å². The first-order valence-electron chi connectivity index (χ1n) is 3.71. The highest BCUT2D eigenvalue weighted by Gasteiger charge is 1.99. The molecule has 0 fully saturated rings. The zero-order valence-corrected chi connectivity index (χ0v) is 9.68. The fourth-order valence-electron chi connectivity index (χ4n) is 0.758. The molecule has 0 amide bonds. The molecule has 7 heteroatoms. The number of rotatable bonds is 2. The molecule has 0 spiro atoms. The Morgan fingerprint density at radius 3 is 2.64 bits per heavy atom. The van der Waals surface area contributed by atoms with Gasteiger partial charge in [0, 0.05) is 9.35 Å². The van der Waals surface area contributed by atoms with Crippen molar-refractivity contribution in [3.05, 3.63) is 20.8 Å². The molecule has 0 bridgehead atoms. The Kier molecular flexibility index (Phi) is 3.90. The van der Waals surface area contributed by atoms with Crippen LogP contribution in [0.1, 0.15) is 4.88 Å². The third kappa shape index (κ3) is 3.35. The fourth-order valence-corrected chi connectivity index (χ4v) is 2.16. The van der Waals surface area contributed by atoms with Gasteiger partial charge in [-0.2, -0.15) is 4.99 Å². The number of nitrogens with two attached hydrogens (primary N) is 3. The number of halogens is 1. The van der Waals surface area contributed by atoms with Gasteiger partial charge in [0.1, 0.15) is 0 Å². The van der Waals surface area contributed by atoms with Gasteiger partial charge in [-0.15, -0.1) is 11.3 Å². The van der Waals surface area contributed by atoms with E-state index in [4.69, 9.17) is 17.2 Å². The van der Waals surface area contributed by atoms with Crippen LogP contribution in [0.4, 0.5) is 0 Å². The lowest BCUT2D eigenvalue weighted by Crippen LogP contribution is -2.26. The molecule has 0 radical (unpaired) electrons. The van der Waals surface area contributed by atoms with Crippen molar-refractivity contribution < 1.29 is 0 Å². The zero-order chi connectivity index (χ0) is 10.6. The van der Waals surface area contributed by atoms with Gasteiger partial charge >= 0.3 is 0 Å². The fraction of sp³-hybridized carbons (Fsp3) is 0.143. The molecular formula is C7H10BrN5S. The van der Waals surface area contributed by atoms with Crippen molar-refractivity contribution in [1.82, 2.24) is 0 Å². The van der Waals surface area contributed by atoms with Gasteiger partial charge in [0.2, 0.25) is 5.96 Å². The van der Waals surface area contributed by atoms with E-state index >= 15 is 0 Å². The van der Waals surface area contributed by atoms with Gasteiger partial charge in [0.25, 0.3) is 0 Å². The van der Waals surface area contributed by atoms with Crippen LogP contribution >= 0.6 is 27.3 Å². The van der Waals surface area contributed by atoms with E-state index in [0.29, 0.717) is 6.54 Å². The first kappa shape index (κ1) is 11.0. The van der Waals surface area contributed by atoms with Gasteiger partial charge in [-0.3, -0.25) is 0 Å². The Morgan fingerprint density at radius 2 is 2.14 bits per heavy atom. The van der Waals surface area contributed by atoms with Gasteiger partial charge in [-0.1, -0.05) is 0 Å². The number of aliphatic imine (C=N–C) groups is 2. The van der Waals surface area contributed by atoms with E-state index in [0.717, 1.165) is 9.35 Å². The van der Waals surface area contributed by atoms with Crippen LogP contribution in [-0.2, 0) is 6.54 Å². The molecule has 0 saturated heterocycles. The van der Waals surface area contributed by atoms with Gasteiger partial charge in [-0.25, -0.2) is 4.99 Å². The summed E-state index contributed by atoms with van der Waals surface area (Å²) in [6.45, 7) is 0.473. The second kappa shape index (κ2) is 4.97. The SMILES string of the molecule is NC(N)=NC(N)=NCc1sccc1Br. The third-order valence-electron chi connectivity index (χ3n) is 1.32. The molecule has 0 atom stereocenters. The normalized spacial score (nSPS) is 11.4. The summed E-state index contributed by atoms with van der Waals surface area (Å²) in [4.78, 5) is 8.67. The highest BCUT2D eigenvalue weighted by molar-refractivity contribution is 9.10. The standard InChI is InChI=1S/C7H10BrN5S/c8-4-1-2-14-5(4)3-12-7(11)13-6(9)10/h1-2H,3H2,(H6,9,10,11,12,13). The lowest BCUT2D eigenvalue weighted by Gasteiger charge is -1.94. The third-order valence-corrected chi connectivity index (χ3v) is 3.23. The van der Waals surface area contributed by atoms with Crippen LogP contribution in [0, 0.1) is 0 Å². The number of hydrogen-bond acceptors (Lipinski definition) is 2. The van der Waals surface area contributed by atoms with Crippen LogP contribution in [-0.4, -0.2) is 11.9 Å². The zero-order valence-electron chi connectivity index (χ0n) is 7.27. The molecule has 1 rings (SSSR count). The molecule has 5 nitrogen and oxygen atoms in total. The second-order valence-electron chi connectivity index (χ2n) is 2.40. The van der Waals surface area contributed by atoms with E-state index in [-0.39, 0.29) is 11.9 Å². The van der Waals surface area contributed by atoms with E-state index in [1.54, 1.807) is 11.3 Å². The van der Waals surface area contributed by atoms with Gasteiger partial charge in [0.15, 0.2) is 5.96 Å². The largest absolute Gasteiger partial charge is 0.370 e. The second-order valence-corrected chi connectivity index (χ2v) is 4.26. The Morgan fingerprint density at radius 1 is 1.43 bits per heavy atom. The summed E-state index contributed by atoms with van der Waals surface area (Å²) in [5.74, 6) is 0.00166. The van der Waals surface area contributed by atoms with Gasteiger partial charge in [-0.05, 0) is 27.4 Å². The van der Waals surface area contributed by atoms with Crippen molar-refractivity contribution in [2.24, 2.45) is 27.2 Å². The first-order valence-corrected chi connectivity index (χ1v) is 5.38. The Balaban J connectivity index is 2.64. The van der Waals surface area contributed by atoms with Crippen LogP contribution in [0.15, 0.2) is 25.9 Å². The van der Waals surface area contributed by atoms with E-state index in [9.17, 15) is 0 Å². The van der Waals surface area contributed by atoms with Crippen molar-refractivity contribution in [2.45, 2.75) is 6.54 Å². The van der Waals surface area contributed by atoms with Crippen molar-refractivity contribution in [1.29, 1.82) is 0 Å². The summed E-state index contributed by atoms with van der Waals surface area (Å²) in [5, 5.41) is 1.96. The maximum absolute atomic E-state index is 5.43. The summed E-state index contributed by atoms with van der Waals surface area (Å²) >= 11 is 4.97. The van der Waals surface area contributed by atoms with Crippen LogP contribution in [0.3, 0.4) is 0 Å². The molecule has 1 heterocycles. The lowest BCUT2D eigenvalue weighted by molar-refractivity contribution is 1.08. The number of guanidine groups is 2. The molecule has 1 aromatic heterocycles. The van der Waals surface area contributed by atoms with E-state index in [1.807, 2.05) is 11.4 Å². The molecule has 14 heavy (non-hydrogen) atoms. The molecule has 0 unspecified atom stereocenters. The van der Waals surface area contributed by atoms with Crippen LogP contribution in [0.25, 0.3) is 0 Å². The van der Waals surface area contributed by atoms with Crippen LogP contribution in [0.5, 0.6) is 0 Å². The first-order chi connectivity index (χ1) is 6.59. The predicted octanol–water partition coefficient (Wildman–Crippen LogP) is 0.599. The predicted molar refractivity (Wildman–Crippen MR) is 63.2 cm³/mol. The Bertz CT molecular complexity index is 366. The minimum Gasteiger partial charge on any atom is -0.370 e. The van der Waals surface area contributed by atoms with Crippen molar-refractivity contribution in [3.63, 3.8) is 0 Å². The molecule has 0 aliphatic carbocycles.